The first-order chi connectivity index (χ1) is 16.4. The first kappa shape index (κ1) is 22.6. The van der Waals surface area contributed by atoms with Crippen molar-refractivity contribution in [2.75, 3.05) is 12.4 Å². The molecular weight excluding hydrogens is 440 g/mol. The second kappa shape index (κ2) is 9.94. The molecule has 0 radical (unpaired) electrons. The number of carbonyl (C=O) groups excluding carboxylic acids is 2. The van der Waals surface area contributed by atoms with Crippen molar-refractivity contribution in [3.63, 3.8) is 0 Å². The summed E-state index contributed by atoms with van der Waals surface area (Å²) in [6.07, 6.45) is 4.88. The van der Waals surface area contributed by atoms with Gasteiger partial charge in [-0.25, -0.2) is 0 Å². The molecule has 0 unspecified atom stereocenters. The summed E-state index contributed by atoms with van der Waals surface area (Å²) in [7, 11) is 5.01. The number of hydrogen-bond donors (Lipinski definition) is 2. The average molecular weight is 464 g/mol. The van der Waals surface area contributed by atoms with E-state index in [-0.39, 0.29) is 29.7 Å². The Kier molecular flexibility index (Phi) is 6.62. The lowest BCUT2D eigenvalue weighted by atomic mass is 10.3. The third kappa shape index (κ3) is 5.26. The Bertz CT molecular complexity index is 1290. The monoisotopic (exact) mass is 464 g/mol. The molecule has 34 heavy (non-hydrogen) atoms. The number of methoxy groups -OCH3 is 1. The summed E-state index contributed by atoms with van der Waals surface area (Å²) < 4.78 is 19.4. The molecule has 0 spiro atoms. The Balaban J connectivity index is 1.36. The van der Waals surface area contributed by atoms with Crippen LogP contribution in [0.1, 0.15) is 32.4 Å². The van der Waals surface area contributed by atoms with E-state index in [0.29, 0.717) is 18.1 Å². The molecule has 0 fully saturated rings. The van der Waals surface area contributed by atoms with Crippen LogP contribution < -0.4 is 20.1 Å². The van der Waals surface area contributed by atoms with Gasteiger partial charge in [0, 0.05) is 32.4 Å². The second-order valence-corrected chi connectivity index (χ2v) is 7.42. The van der Waals surface area contributed by atoms with Crippen molar-refractivity contribution in [1.82, 2.24) is 24.9 Å². The Morgan fingerprint density at radius 3 is 2.47 bits per heavy atom. The summed E-state index contributed by atoms with van der Waals surface area (Å²) in [6, 6.07) is 10.3. The molecule has 0 saturated carbocycles. The van der Waals surface area contributed by atoms with E-state index in [9.17, 15) is 9.59 Å². The average Bonchev–Trinajstić information content (AvgIpc) is 3.57. The van der Waals surface area contributed by atoms with Crippen molar-refractivity contribution in [2.24, 2.45) is 14.1 Å². The van der Waals surface area contributed by atoms with E-state index < -0.39 is 5.91 Å². The van der Waals surface area contributed by atoms with Gasteiger partial charge in [-0.15, -0.1) is 0 Å². The van der Waals surface area contributed by atoms with Crippen LogP contribution >= 0.6 is 0 Å². The van der Waals surface area contributed by atoms with Crippen LogP contribution in [0.3, 0.4) is 0 Å². The van der Waals surface area contributed by atoms with E-state index in [1.54, 1.807) is 74.7 Å². The van der Waals surface area contributed by atoms with Crippen molar-refractivity contribution in [3.05, 3.63) is 77.8 Å². The Morgan fingerprint density at radius 1 is 1.00 bits per heavy atom. The lowest BCUT2D eigenvalue weighted by molar-refractivity contribution is 0.0942. The molecule has 2 amide bonds. The molecule has 11 nitrogen and oxygen atoms in total. The summed E-state index contributed by atoms with van der Waals surface area (Å²) in [5.41, 5.74) is 1.33. The summed E-state index contributed by atoms with van der Waals surface area (Å²) in [6.45, 7) is 0.440. The summed E-state index contributed by atoms with van der Waals surface area (Å²) >= 11 is 0. The molecule has 0 atom stereocenters. The minimum Gasteiger partial charge on any atom is -0.497 e. The van der Waals surface area contributed by atoms with Crippen LogP contribution in [-0.2, 0) is 27.2 Å². The number of amides is 2. The largest absolute Gasteiger partial charge is 0.497 e. The van der Waals surface area contributed by atoms with Crippen LogP contribution in [0.2, 0.25) is 0 Å². The summed E-state index contributed by atoms with van der Waals surface area (Å²) in [4.78, 5) is 25.4. The molecule has 2 N–H and O–H groups in total. The molecule has 3 aromatic heterocycles. The number of rotatable bonds is 9. The highest BCUT2D eigenvalue weighted by Gasteiger charge is 2.21. The fraction of sp³-hybridized carbons (Fsp3) is 0.217. The van der Waals surface area contributed by atoms with Crippen molar-refractivity contribution in [1.29, 1.82) is 0 Å². The minimum absolute atomic E-state index is 0.0823. The van der Waals surface area contributed by atoms with Crippen LogP contribution in [0.5, 0.6) is 11.5 Å². The topological polar surface area (TPSA) is 125 Å². The van der Waals surface area contributed by atoms with Crippen molar-refractivity contribution < 1.29 is 23.5 Å². The minimum atomic E-state index is -0.509. The zero-order chi connectivity index (χ0) is 24.1. The van der Waals surface area contributed by atoms with Gasteiger partial charge >= 0.3 is 0 Å². The number of furan rings is 1. The van der Waals surface area contributed by atoms with E-state index in [0.717, 1.165) is 11.3 Å². The molecule has 0 saturated heterocycles. The SMILES string of the molecule is COc1ccc(OCc2ccc(C(=O)Nc3cnn(C)c3C(=O)NCc3cnn(C)c3)o2)cc1. The molecule has 11 heteroatoms. The van der Waals surface area contributed by atoms with Gasteiger partial charge in [0.25, 0.3) is 11.8 Å². The number of benzene rings is 1. The molecule has 1 aromatic carbocycles. The number of hydrogen-bond acceptors (Lipinski definition) is 7. The third-order valence-corrected chi connectivity index (χ3v) is 4.94. The lowest BCUT2D eigenvalue weighted by Gasteiger charge is -2.08. The van der Waals surface area contributed by atoms with Gasteiger partial charge in [-0.2, -0.15) is 10.2 Å². The zero-order valence-electron chi connectivity index (χ0n) is 18.9. The Morgan fingerprint density at radius 2 is 1.76 bits per heavy atom. The van der Waals surface area contributed by atoms with Crippen LogP contribution in [0, 0.1) is 0 Å². The highest BCUT2D eigenvalue weighted by atomic mass is 16.5. The van der Waals surface area contributed by atoms with Gasteiger partial charge in [-0.05, 0) is 36.4 Å². The second-order valence-electron chi connectivity index (χ2n) is 7.42. The van der Waals surface area contributed by atoms with E-state index >= 15 is 0 Å². The maximum atomic E-state index is 12.7. The van der Waals surface area contributed by atoms with E-state index in [1.807, 2.05) is 0 Å². The summed E-state index contributed by atoms with van der Waals surface area (Å²) in [5.74, 6) is 1.03. The van der Waals surface area contributed by atoms with Crippen molar-refractivity contribution >= 4 is 17.5 Å². The molecule has 4 rings (SSSR count). The fourth-order valence-corrected chi connectivity index (χ4v) is 3.22. The Hall–Kier alpha value is -4.54. The predicted octanol–water partition coefficient (Wildman–Crippen LogP) is 2.52. The molecule has 176 valence electrons. The van der Waals surface area contributed by atoms with Crippen LogP contribution in [0.4, 0.5) is 5.69 Å². The van der Waals surface area contributed by atoms with Gasteiger partial charge in [0.2, 0.25) is 0 Å². The van der Waals surface area contributed by atoms with Gasteiger partial charge in [0.05, 0.1) is 25.2 Å². The molecule has 0 aliphatic rings. The van der Waals surface area contributed by atoms with Crippen LogP contribution in [0.25, 0.3) is 0 Å². The number of aryl methyl sites for hydroxylation is 2. The van der Waals surface area contributed by atoms with Gasteiger partial charge in [0.15, 0.2) is 5.76 Å². The first-order valence-corrected chi connectivity index (χ1v) is 10.4. The van der Waals surface area contributed by atoms with Crippen LogP contribution in [-0.4, -0.2) is 38.5 Å². The molecule has 0 bridgehead atoms. The van der Waals surface area contributed by atoms with Gasteiger partial charge in [-0.1, -0.05) is 0 Å². The van der Waals surface area contributed by atoms with E-state index in [2.05, 4.69) is 20.8 Å². The molecule has 0 aliphatic heterocycles. The first-order valence-electron chi connectivity index (χ1n) is 10.4. The number of nitrogens with one attached hydrogen (secondary N) is 2. The number of ether oxygens (including phenoxy) is 2. The fourth-order valence-electron chi connectivity index (χ4n) is 3.22. The number of carbonyl (C=O) groups is 2. The quantitative estimate of drug-likeness (QED) is 0.390. The molecule has 4 aromatic rings. The standard InChI is InChI=1S/C23H24N6O5/c1-28-13-15(11-25-28)10-24-23(31)21-19(12-26-29(21)2)27-22(30)20-9-8-18(34-20)14-33-17-6-4-16(32-3)5-7-17/h4-9,11-13H,10,14H2,1-3H3,(H,24,31)(H,27,30). The summed E-state index contributed by atoms with van der Waals surface area (Å²) in [5, 5.41) is 13.6. The molecule has 0 aliphatic carbocycles. The van der Waals surface area contributed by atoms with Gasteiger partial charge in [-0.3, -0.25) is 19.0 Å². The maximum Gasteiger partial charge on any atom is 0.291 e. The van der Waals surface area contributed by atoms with E-state index in [1.165, 1.54) is 10.9 Å². The number of nitrogens with zero attached hydrogens (tertiary/aromatic N) is 4. The van der Waals surface area contributed by atoms with Gasteiger partial charge < -0.3 is 24.5 Å². The third-order valence-electron chi connectivity index (χ3n) is 4.94. The highest BCUT2D eigenvalue weighted by molar-refractivity contribution is 6.07. The Labute approximate surface area is 195 Å². The zero-order valence-corrected chi connectivity index (χ0v) is 18.9. The van der Waals surface area contributed by atoms with E-state index in [4.69, 9.17) is 13.9 Å². The van der Waals surface area contributed by atoms with Crippen LogP contribution in [0.15, 0.2) is 59.4 Å². The van der Waals surface area contributed by atoms with Crippen molar-refractivity contribution in [3.8, 4) is 11.5 Å². The van der Waals surface area contributed by atoms with Crippen molar-refractivity contribution in [2.45, 2.75) is 13.2 Å². The normalized spacial score (nSPS) is 10.7. The molecule has 3 heterocycles. The lowest BCUT2D eigenvalue weighted by Crippen LogP contribution is -2.26. The highest BCUT2D eigenvalue weighted by Crippen LogP contribution is 2.20. The maximum absolute atomic E-state index is 12.7. The number of aromatic nitrogens is 4. The molecular formula is C23H24N6O5. The smallest absolute Gasteiger partial charge is 0.291 e. The number of anilines is 1. The van der Waals surface area contributed by atoms with Gasteiger partial charge in [0.1, 0.15) is 29.6 Å². The predicted molar refractivity (Wildman–Crippen MR) is 122 cm³/mol.